The van der Waals surface area contributed by atoms with Gasteiger partial charge in [0.2, 0.25) is 0 Å². The third kappa shape index (κ3) is 1.29. The van der Waals surface area contributed by atoms with Crippen LogP contribution in [0.15, 0.2) is 16.6 Å². The van der Waals surface area contributed by atoms with Crippen LogP contribution in [0.2, 0.25) is 0 Å². The van der Waals surface area contributed by atoms with Gasteiger partial charge in [-0.05, 0) is 12.1 Å². The third-order valence-corrected chi connectivity index (χ3v) is 2.84. The Morgan fingerprint density at radius 2 is 2.36 bits per heavy atom. The lowest BCUT2D eigenvalue weighted by Gasteiger charge is -2.06. The van der Waals surface area contributed by atoms with Gasteiger partial charge in [-0.25, -0.2) is 4.79 Å². The van der Waals surface area contributed by atoms with Crippen molar-refractivity contribution in [1.82, 2.24) is 0 Å². The molecule has 0 amide bonds. The Kier molecular flexibility index (Phi) is 2.20. The fourth-order valence-electron chi connectivity index (χ4n) is 1.50. The minimum Gasteiger partial charge on any atom is -0.490 e. The molecule has 0 aliphatic carbocycles. The molecule has 1 heterocycles. The molecular formula is C9H8BrNO3. The maximum Gasteiger partial charge on any atom is 0.339 e. The summed E-state index contributed by atoms with van der Waals surface area (Å²) in [5, 5.41) is 8.89. The van der Waals surface area contributed by atoms with E-state index in [1.165, 1.54) is 6.07 Å². The summed E-state index contributed by atoms with van der Waals surface area (Å²) in [7, 11) is 0. The summed E-state index contributed by atoms with van der Waals surface area (Å²) in [4.78, 5) is 10.8. The molecule has 0 radical (unpaired) electrons. The van der Waals surface area contributed by atoms with Crippen molar-refractivity contribution in [3.8, 4) is 5.75 Å². The smallest absolute Gasteiger partial charge is 0.339 e. The van der Waals surface area contributed by atoms with Crippen LogP contribution in [-0.2, 0) is 0 Å². The van der Waals surface area contributed by atoms with E-state index in [0.717, 1.165) is 10.0 Å². The predicted octanol–water partition coefficient (Wildman–Crippen LogP) is 1.54. The summed E-state index contributed by atoms with van der Waals surface area (Å²) < 4.78 is 6.04. The first-order chi connectivity index (χ1) is 6.61. The second-order valence-corrected chi connectivity index (χ2v) is 3.91. The van der Waals surface area contributed by atoms with Gasteiger partial charge in [-0.15, -0.1) is 0 Å². The highest BCUT2D eigenvalue weighted by molar-refractivity contribution is 9.10. The fraction of sp³-hybridized carbons (Fsp3) is 0.222. The molecule has 14 heavy (non-hydrogen) atoms. The average molecular weight is 258 g/mol. The van der Waals surface area contributed by atoms with Crippen molar-refractivity contribution in [1.29, 1.82) is 0 Å². The predicted molar refractivity (Wildman–Crippen MR) is 53.5 cm³/mol. The second kappa shape index (κ2) is 3.25. The number of nitrogens with two attached hydrogens (primary N) is 1. The number of benzene rings is 1. The molecule has 1 aromatic carbocycles. The van der Waals surface area contributed by atoms with Crippen molar-refractivity contribution >= 4 is 21.9 Å². The molecule has 4 nitrogen and oxygen atoms in total. The summed E-state index contributed by atoms with van der Waals surface area (Å²) in [6, 6.07) is 2.93. The van der Waals surface area contributed by atoms with E-state index in [4.69, 9.17) is 15.6 Å². The minimum atomic E-state index is -0.997. The van der Waals surface area contributed by atoms with Gasteiger partial charge in [0.05, 0.1) is 6.04 Å². The van der Waals surface area contributed by atoms with Gasteiger partial charge in [0, 0.05) is 10.0 Å². The fourth-order valence-corrected chi connectivity index (χ4v) is 2.11. The number of carbonyl (C=O) groups is 1. The van der Waals surface area contributed by atoms with E-state index in [0.29, 0.717) is 12.4 Å². The van der Waals surface area contributed by atoms with Gasteiger partial charge in [0.15, 0.2) is 0 Å². The summed E-state index contributed by atoms with van der Waals surface area (Å²) in [5.74, 6) is -0.609. The largest absolute Gasteiger partial charge is 0.490 e. The maximum absolute atomic E-state index is 10.8. The molecule has 0 fully saturated rings. The zero-order valence-electron chi connectivity index (χ0n) is 7.16. The van der Waals surface area contributed by atoms with Crippen molar-refractivity contribution in [3.63, 3.8) is 0 Å². The number of hydrogen-bond donors (Lipinski definition) is 2. The molecule has 0 bridgehead atoms. The lowest BCUT2D eigenvalue weighted by atomic mass is 10.1. The summed E-state index contributed by atoms with van der Waals surface area (Å²) in [6.07, 6.45) is 0. The summed E-state index contributed by atoms with van der Waals surface area (Å²) in [6.45, 7) is 0.332. The van der Waals surface area contributed by atoms with Crippen LogP contribution < -0.4 is 10.5 Å². The van der Waals surface area contributed by atoms with Crippen LogP contribution in [0, 0.1) is 0 Å². The van der Waals surface area contributed by atoms with Crippen molar-refractivity contribution in [3.05, 3.63) is 27.7 Å². The third-order valence-electron chi connectivity index (χ3n) is 2.15. The SMILES string of the molecule is N[C@@H]1COc2c(C(=O)O)ccc(Br)c21. The van der Waals surface area contributed by atoms with Crippen LogP contribution in [0.5, 0.6) is 5.75 Å². The second-order valence-electron chi connectivity index (χ2n) is 3.06. The van der Waals surface area contributed by atoms with E-state index in [1.54, 1.807) is 6.07 Å². The van der Waals surface area contributed by atoms with E-state index in [2.05, 4.69) is 15.9 Å². The Labute approximate surface area is 88.8 Å². The number of rotatable bonds is 1. The first kappa shape index (κ1) is 9.48. The highest BCUT2D eigenvalue weighted by atomic mass is 79.9. The molecule has 0 saturated heterocycles. The molecule has 1 aromatic rings. The van der Waals surface area contributed by atoms with Crippen molar-refractivity contribution < 1.29 is 14.6 Å². The maximum atomic E-state index is 10.8. The van der Waals surface area contributed by atoms with Gasteiger partial charge in [-0.3, -0.25) is 0 Å². The zero-order valence-corrected chi connectivity index (χ0v) is 8.74. The number of hydrogen-bond acceptors (Lipinski definition) is 3. The quantitative estimate of drug-likeness (QED) is 0.801. The Bertz CT molecular complexity index is 405. The van der Waals surface area contributed by atoms with Gasteiger partial charge >= 0.3 is 5.97 Å². The first-order valence-electron chi connectivity index (χ1n) is 4.05. The molecule has 0 unspecified atom stereocenters. The van der Waals surface area contributed by atoms with Crippen LogP contribution >= 0.6 is 15.9 Å². The van der Waals surface area contributed by atoms with Gasteiger partial charge in [0.1, 0.15) is 17.9 Å². The van der Waals surface area contributed by atoms with E-state index in [1.807, 2.05) is 0 Å². The Balaban J connectivity index is 2.64. The molecule has 0 saturated carbocycles. The molecule has 3 N–H and O–H groups in total. The van der Waals surface area contributed by atoms with Crippen molar-refractivity contribution in [2.75, 3.05) is 6.61 Å². The molecule has 0 aromatic heterocycles. The number of halogens is 1. The van der Waals surface area contributed by atoms with Crippen molar-refractivity contribution in [2.45, 2.75) is 6.04 Å². The Morgan fingerprint density at radius 3 is 3.00 bits per heavy atom. The van der Waals surface area contributed by atoms with Crippen LogP contribution in [0.3, 0.4) is 0 Å². The molecule has 5 heteroatoms. The normalized spacial score (nSPS) is 18.9. The molecule has 1 atom stereocenters. The standard InChI is InChI=1S/C9H8BrNO3/c10-5-2-1-4(9(12)13)8-7(5)6(11)3-14-8/h1-2,6H,3,11H2,(H,12,13)/t6-/m1/s1. The van der Waals surface area contributed by atoms with Gasteiger partial charge in [0.25, 0.3) is 0 Å². The van der Waals surface area contributed by atoms with Crippen molar-refractivity contribution in [2.24, 2.45) is 5.73 Å². The highest BCUT2D eigenvalue weighted by Gasteiger charge is 2.28. The lowest BCUT2D eigenvalue weighted by Crippen LogP contribution is -2.11. The number of carboxylic acids is 1. The van der Waals surface area contributed by atoms with E-state index in [9.17, 15) is 4.79 Å². The van der Waals surface area contributed by atoms with Gasteiger partial charge in [-0.1, -0.05) is 15.9 Å². The molecule has 74 valence electrons. The number of fused-ring (bicyclic) bond motifs is 1. The van der Waals surface area contributed by atoms with E-state index >= 15 is 0 Å². The van der Waals surface area contributed by atoms with Crippen LogP contribution in [0.25, 0.3) is 0 Å². The molecule has 1 aliphatic rings. The monoisotopic (exact) mass is 257 g/mol. The van der Waals surface area contributed by atoms with Crippen LogP contribution in [-0.4, -0.2) is 17.7 Å². The molecule has 2 rings (SSSR count). The van der Waals surface area contributed by atoms with Crippen LogP contribution in [0.4, 0.5) is 0 Å². The highest BCUT2D eigenvalue weighted by Crippen LogP contribution is 2.39. The number of carboxylic acid groups (broad SMARTS) is 1. The minimum absolute atomic E-state index is 0.163. The molecule has 1 aliphatic heterocycles. The Hall–Kier alpha value is -1.07. The van der Waals surface area contributed by atoms with E-state index < -0.39 is 5.97 Å². The number of ether oxygens (including phenoxy) is 1. The Morgan fingerprint density at radius 1 is 1.64 bits per heavy atom. The molecule has 0 spiro atoms. The summed E-state index contributed by atoms with van der Waals surface area (Å²) >= 11 is 3.32. The van der Waals surface area contributed by atoms with Gasteiger partial charge in [-0.2, -0.15) is 0 Å². The van der Waals surface area contributed by atoms with E-state index in [-0.39, 0.29) is 11.6 Å². The van der Waals surface area contributed by atoms with Crippen LogP contribution in [0.1, 0.15) is 22.0 Å². The topological polar surface area (TPSA) is 72.5 Å². The first-order valence-corrected chi connectivity index (χ1v) is 4.84. The lowest BCUT2D eigenvalue weighted by molar-refractivity contribution is 0.0693. The average Bonchev–Trinajstić information content (AvgIpc) is 2.49. The summed E-state index contributed by atoms with van der Waals surface area (Å²) in [5.41, 5.74) is 6.67. The number of aromatic carboxylic acids is 1. The van der Waals surface area contributed by atoms with Gasteiger partial charge < -0.3 is 15.6 Å². The molecular weight excluding hydrogens is 250 g/mol. The zero-order chi connectivity index (χ0) is 10.3.